The van der Waals surface area contributed by atoms with Crippen LogP contribution >= 0.6 is 11.8 Å². The molecule has 0 aliphatic carbocycles. The second-order valence-corrected chi connectivity index (χ2v) is 2.31. The van der Waals surface area contributed by atoms with Crippen molar-refractivity contribution in [3.8, 4) is 11.8 Å². The fraction of sp³-hybridized carbons (Fsp3) is 0.167. The van der Waals surface area contributed by atoms with Crippen molar-refractivity contribution in [2.24, 2.45) is 0 Å². The van der Waals surface area contributed by atoms with E-state index in [1.54, 1.807) is 5.41 Å². The minimum absolute atomic E-state index is 0.200. The van der Waals surface area contributed by atoms with Crippen molar-refractivity contribution in [1.82, 2.24) is 0 Å². The average Bonchev–Trinajstić information content (AvgIpc) is 1.90. The number of thioether (sulfide) groups is 1. The molecule has 0 aromatic rings. The topological polar surface area (TPSA) is 37.3 Å². The third-order valence-corrected chi connectivity index (χ3v) is 1.52. The monoisotopic (exact) mass is 140 g/mol. The van der Waals surface area contributed by atoms with Gasteiger partial charge in [0.2, 0.25) is 0 Å². The SMILES string of the molecule is O=C(O)C1=CSCC#C1. The summed E-state index contributed by atoms with van der Waals surface area (Å²) in [6, 6.07) is 0. The lowest BCUT2D eigenvalue weighted by atomic mass is 10.3. The first-order chi connectivity index (χ1) is 4.30. The molecule has 1 heterocycles. The quantitative estimate of drug-likeness (QED) is 0.545. The van der Waals surface area contributed by atoms with Crippen LogP contribution in [0.2, 0.25) is 0 Å². The highest BCUT2D eigenvalue weighted by molar-refractivity contribution is 8.02. The normalized spacial score (nSPS) is 15.3. The molecule has 0 aromatic carbocycles. The van der Waals surface area contributed by atoms with Crippen LogP contribution in [0.15, 0.2) is 11.0 Å². The first kappa shape index (κ1) is 6.24. The van der Waals surface area contributed by atoms with E-state index in [9.17, 15) is 4.79 Å². The van der Waals surface area contributed by atoms with Crippen LogP contribution in [0.5, 0.6) is 0 Å². The van der Waals surface area contributed by atoms with Crippen molar-refractivity contribution in [3.63, 3.8) is 0 Å². The zero-order chi connectivity index (χ0) is 6.69. The molecule has 2 nitrogen and oxygen atoms in total. The molecule has 1 N–H and O–H groups in total. The van der Waals surface area contributed by atoms with E-state index in [4.69, 9.17) is 5.11 Å². The van der Waals surface area contributed by atoms with Crippen molar-refractivity contribution in [2.75, 3.05) is 5.75 Å². The Balaban J connectivity index is 2.77. The van der Waals surface area contributed by atoms with Crippen LogP contribution in [0.1, 0.15) is 0 Å². The van der Waals surface area contributed by atoms with Gasteiger partial charge in [-0.15, -0.1) is 11.8 Å². The Labute approximate surface area is 56.9 Å². The molecule has 0 radical (unpaired) electrons. The second kappa shape index (κ2) is 2.60. The van der Waals surface area contributed by atoms with Crippen molar-refractivity contribution in [3.05, 3.63) is 11.0 Å². The Morgan fingerprint density at radius 3 is 3.00 bits per heavy atom. The maximum absolute atomic E-state index is 10.2. The minimum Gasteiger partial charge on any atom is -0.477 e. The van der Waals surface area contributed by atoms with E-state index >= 15 is 0 Å². The average molecular weight is 140 g/mol. The lowest BCUT2D eigenvalue weighted by Crippen LogP contribution is -1.99. The summed E-state index contributed by atoms with van der Waals surface area (Å²) in [4.78, 5) is 10.2. The predicted octanol–water partition coefficient (Wildman–Crippen LogP) is 0.705. The fourth-order valence-electron chi connectivity index (χ4n) is 0.431. The molecule has 3 heteroatoms. The van der Waals surface area contributed by atoms with Gasteiger partial charge in [0, 0.05) is 0 Å². The van der Waals surface area contributed by atoms with Gasteiger partial charge in [0.05, 0.1) is 5.75 Å². The van der Waals surface area contributed by atoms with Crippen molar-refractivity contribution in [2.45, 2.75) is 0 Å². The van der Waals surface area contributed by atoms with Gasteiger partial charge in [-0.1, -0.05) is 11.8 Å². The third-order valence-electron chi connectivity index (χ3n) is 0.810. The van der Waals surface area contributed by atoms with Gasteiger partial charge >= 0.3 is 5.97 Å². The summed E-state index contributed by atoms with van der Waals surface area (Å²) in [6.45, 7) is 0. The zero-order valence-corrected chi connectivity index (χ0v) is 5.36. The fourth-order valence-corrected chi connectivity index (χ4v) is 0.997. The molecule has 1 aliphatic rings. The molecule has 46 valence electrons. The summed E-state index contributed by atoms with van der Waals surface area (Å²) >= 11 is 1.41. The first-order valence-corrected chi connectivity index (χ1v) is 3.39. The van der Waals surface area contributed by atoms with E-state index in [0.29, 0.717) is 5.75 Å². The maximum atomic E-state index is 10.2. The summed E-state index contributed by atoms with van der Waals surface area (Å²) in [6.07, 6.45) is 0. The minimum atomic E-state index is -0.935. The Morgan fingerprint density at radius 1 is 1.89 bits per heavy atom. The molecule has 0 saturated heterocycles. The molecule has 0 amide bonds. The zero-order valence-electron chi connectivity index (χ0n) is 4.55. The maximum Gasteiger partial charge on any atom is 0.344 e. The lowest BCUT2D eigenvalue weighted by Gasteiger charge is -1.94. The molecule has 0 atom stereocenters. The molecular formula is C6H4O2S. The predicted molar refractivity (Wildman–Crippen MR) is 36.0 cm³/mol. The number of carboxylic acids is 1. The van der Waals surface area contributed by atoms with Crippen LogP contribution in [0.4, 0.5) is 0 Å². The summed E-state index contributed by atoms with van der Waals surface area (Å²) in [5.74, 6) is 4.96. The molecule has 0 bridgehead atoms. The van der Waals surface area contributed by atoms with Crippen molar-refractivity contribution >= 4 is 17.7 Å². The van der Waals surface area contributed by atoms with Gasteiger partial charge in [0.25, 0.3) is 0 Å². The van der Waals surface area contributed by atoms with Crippen LogP contribution in [0.3, 0.4) is 0 Å². The molecular weight excluding hydrogens is 136 g/mol. The summed E-state index contributed by atoms with van der Waals surface area (Å²) in [5.41, 5.74) is 0.200. The van der Waals surface area contributed by atoms with Crippen LogP contribution in [-0.2, 0) is 4.79 Å². The molecule has 1 aliphatic heterocycles. The smallest absolute Gasteiger partial charge is 0.344 e. The molecule has 0 spiro atoms. The summed E-state index contributed by atoms with van der Waals surface area (Å²) in [5, 5.41) is 9.92. The molecule has 0 aromatic heterocycles. The van der Waals surface area contributed by atoms with Gasteiger partial charge in [0.15, 0.2) is 0 Å². The van der Waals surface area contributed by atoms with Crippen molar-refractivity contribution < 1.29 is 9.90 Å². The highest BCUT2D eigenvalue weighted by atomic mass is 32.2. The number of aliphatic carboxylic acids is 1. The number of carboxylic acid groups (broad SMARTS) is 1. The third kappa shape index (κ3) is 1.51. The highest BCUT2D eigenvalue weighted by Crippen LogP contribution is 2.09. The number of carbonyl (C=O) groups is 1. The standard InChI is InChI=1S/C6H4O2S/c7-6(8)5-2-1-3-9-4-5/h4H,3H2,(H,7,8). The molecule has 0 unspecified atom stereocenters. The number of hydrogen-bond donors (Lipinski definition) is 1. The van der Waals surface area contributed by atoms with E-state index in [2.05, 4.69) is 11.8 Å². The number of hydrogen-bond acceptors (Lipinski definition) is 2. The van der Waals surface area contributed by atoms with E-state index in [-0.39, 0.29) is 5.57 Å². The second-order valence-electron chi connectivity index (χ2n) is 1.45. The van der Waals surface area contributed by atoms with Gasteiger partial charge in [-0.05, 0) is 5.41 Å². The number of rotatable bonds is 1. The van der Waals surface area contributed by atoms with Crippen LogP contribution in [-0.4, -0.2) is 16.8 Å². The van der Waals surface area contributed by atoms with E-state index in [1.165, 1.54) is 11.8 Å². The van der Waals surface area contributed by atoms with Gasteiger partial charge < -0.3 is 5.11 Å². The summed E-state index contributed by atoms with van der Waals surface area (Å²) < 4.78 is 0. The van der Waals surface area contributed by atoms with E-state index < -0.39 is 5.97 Å². The molecule has 0 saturated carbocycles. The Bertz CT molecular complexity index is 219. The molecule has 0 fully saturated rings. The Kier molecular flexibility index (Phi) is 1.81. The van der Waals surface area contributed by atoms with Crippen LogP contribution in [0.25, 0.3) is 0 Å². The Hall–Kier alpha value is -0.880. The molecule has 9 heavy (non-hydrogen) atoms. The highest BCUT2D eigenvalue weighted by Gasteiger charge is 2.04. The van der Waals surface area contributed by atoms with Crippen LogP contribution < -0.4 is 0 Å². The van der Waals surface area contributed by atoms with E-state index in [1.807, 2.05) is 0 Å². The first-order valence-electron chi connectivity index (χ1n) is 2.34. The van der Waals surface area contributed by atoms with Crippen LogP contribution in [0, 0.1) is 11.8 Å². The largest absolute Gasteiger partial charge is 0.477 e. The Morgan fingerprint density at radius 2 is 2.67 bits per heavy atom. The lowest BCUT2D eigenvalue weighted by molar-refractivity contribution is -0.132. The van der Waals surface area contributed by atoms with Gasteiger partial charge in [-0.3, -0.25) is 0 Å². The van der Waals surface area contributed by atoms with E-state index in [0.717, 1.165) is 0 Å². The van der Waals surface area contributed by atoms with Crippen molar-refractivity contribution in [1.29, 1.82) is 0 Å². The van der Waals surface area contributed by atoms with Gasteiger partial charge in [-0.25, -0.2) is 4.79 Å². The van der Waals surface area contributed by atoms with Gasteiger partial charge in [-0.2, -0.15) is 0 Å². The molecule has 1 rings (SSSR count). The summed E-state index contributed by atoms with van der Waals surface area (Å²) in [7, 11) is 0. The van der Waals surface area contributed by atoms with Gasteiger partial charge in [0.1, 0.15) is 5.57 Å².